The number of aromatic nitrogens is 3. The fourth-order valence-electron chi connectivity index (χ4n) is 1.94. The second-order valence-electron chi connectivity index (χ2n) is 4.41. The summed E-state index contributed by atoms with van der Waals surface area (Å²) in [5.74, 6) is 3.30. The number of halogens is 1. The Kier molecular flexibility index (Phi) is 4.16. The molecule has 0 saturated carbocycles. The van der Waals surface area contributed by atoms with E-state index in [4.69, 9.17) is 9.47 Å². The lowest BCUT2D eigenvalue weighted by Crippen LogP contribution is -1.93. The highest BCUT2D eigenvalue weighted by Crippen LogP contribution is 2.40. The van der Waals surface area contributed by atoms with E-state index in [1.165, 1.54) is 0 Å². The van der Waals surface area contributed by atoms with Crippen LogP contribution in [0.2, 0.25) is 0 Å². The zero-order chi connectivity index (χ0) is 13.9. The summed E-state index contributed by atoms with van der Waals surface area (Å²) in [6.45, 7) is 2.41. The van der Waals surface area contributed by atoms with Crippen molar-refractivity contribution in [1.82, 2.24) is 15.2 Å². The minimum atomic E-state index is 0.284. The lowest BCUT2D eigenvalue weighted by atomic mass is 10.2. The van der Waals surface area contributed by atoms with Crippen molar-refractivity contribution in [2.24, 2.45) is 0 Å². The monoisotopic (exact) mass is 355 g/mol. The molecule has 106 valence electrons. The van der Waals surface area contributed by atoms with Crippen LogP contribution in [0.3, 0.4) is 0 Å². The molecular weight excluding hydrogens is 342 g/mol. The summed E-state index contributed by atoms with van der Waals surface area (Å²) in [6, 6.07) is 4.04. The number of thioether (sulfide) groups is 1. The van der Waals surface area contributed by atoms with Gasteiger partial charge in [-0.2, -0.15) is 0 Å². The van der Waals surface area contributed by atoms with Gasteiger partial charge in [-0.25, -0.2) is 4.98 Å². The molecule has 20 heavy (non-hydrogen) atoms. The van der Waals surface area contributed by atoms with E-state index in [0.717, 1.165) is 51.1 Å². The molecule has 2 heterocycles. The van der Waals surface area contributed by atoms with Gasteiger partial charge in [0.25, 0.3) is 0 Å². The number of aryl methyl sites for hydroxylation is 1. The van der Waals surface area contributed by atoms with Crippen molar-refractivity contribution in [3.05, 3.63) is 28.0 Å². The maximum Gasteiger partial charge on any atom is 0.231 e. The van der Waals surface area contributed by atoms with Crippen LogP contribution in [0.25, 0.3) is 0 Å². The minimum absolute atomic E-state index is 0.284. The van der Waals surface area contributed by atoms with E-state index in [0.29, 0.717) is 0 Å². The molecule has 5 nitrogen and oxygen atoms in total. The summed E-state index contributed by atoms with van der Waals surface area (Å²) >= 11 is 5.10. The zero-order valence-corrected chi connectivity index (χ0v) is 13.4. The summed E-state index contributed by atoms with van der Waals surface area (Å²) in [6.07, 6.45) is 2.00. The molecule has 0 unspecified atom stereocenters. The topological polar surface area (TPSA) is 60.0 Å². The number of benzene rings is 1. The molecule has 0 fully saturated rings. The molecule has 1 aliphatic heterocycles. The van der Waals surface area contributed by atoms with Crippen molar-refractivity contribution < 1.29 is 9.47 Å². The summed E-state index contributed by atoms with van der Waals surface area (Å²) in [4.78, 5) is 4.44. The summed E-state index contributed by atoms with van der Waals surface area (Å²) < 4.78 is 11.7. The van der Waals surface area contributed by atoms with Crippen LogP contribution in [-0.2, 0) is 12.2 Å². The van der Waals surface area contributed by atoms with Crippen molar-refractivity contribution in [3.63, 3.8) is 0 Å². The van der Waals surface area contributed by atoms with Crippen molar-refractivity contribution in [2.45, 2.75) is 30.7 Å². The molecule has 1 aromatic carbocycles. The Morgan fingerprint density at radius 1 is 1.40 bits per heavy atom. The van der Waals surface area contributed by atoms with Gasteiger partial charge in [0.2, 0.25) is 11.9 Å². The van der Waals surface area contributed by atoms with Crippen molar-refractivity contribution in [1.29, 1.82) is 0 Å². The van der Waals surface area contributed by atoms with Gasteiger partial charge in [0.05, 0.1) is 4.47 Å². The Bertz CT molecular complexity index is 618. The Labute approximate surface area is 129 Å². The Balaban J connectivity index is 1.67. The van der Waals surface area contributed by atoms with Crippen LogP contribution in [0.1, 0.15) is 24.7 Å². The van der Waals surface area contributed by atoms with Crippen molar-refractivity contribution in [3.8, 4) is 11.5 Å². The van der Waals surface area contributed by atoms with Crippen LogP contribution in [-0.4, -0.2) is 22.0 Å². The third-order valence-corrected chi connectivity index (χ3v) is 4.36. The molecule has 0 atom stereocenters. The number of rotatable bonds is 5. The summed E-state index contributed by atoms with van der Waals surface area (Å²) in [5.41, 5.74) is 1.15. The quantitative estimate of drug-likeness (QED) is 0.831. The first-order chi connectivity index (χ1) is 9.76. The molecular formula is C13H14BrN3O2S. The van der Waals surface area contributed by atoms with Crippen LogP contribution in [0.5, 0.6) is 11.5 Å². The molecule has 0 amide bonds. The summed E-state index contributed by atoms with van der Waals surface area (Å²) in [5, 5.41) is 7.94. The zero-order valence-electron chi connectivity index (χ0n) is 11.0. The van der Waals surface area contributed by atoms with Crippen LogP contribution in [0, 0.1) is 0 Å². The van der Waals surface area contributed by atoms with Gasteiger partial charge < -0.3 is 9.47 Å². The predicted molar refractivity (Wildman–Crippen MR) is 80.2 cm³/mol. The Morgan fingerprint density at radius 2 is 2.30 bits per heavy atom. The molecule has 1 aromatic heterocycles. The SMILES string of the molecule is CCCc1nc(SCc2cc(Br)c3c(c2)OCO3)n[nH]1. The van der Waals surface area contributed by atoms with Gasteiger partial charge in [-0.3, -0.25) is 5.10 Å². The number of aromatic amines is 1. The van der Waals surface area contributed by atoms with Gasteiger partial charge in [0, 0.05) is 12.2 Å². The smallest absolute Gasteiger partial charge is 0.231 e. The number of H-pyrrole nitrogens is 1. The highest BCUT2D eigenvalue weighted by atomic mass is 79.9. The maximum absolute atomic E-state index is 5.41. The van der Waals surface area contributed by atoms with E-state index in [1.54, 1.807) is 11.8 Å². The van der Waals surface area contributed by atoms with E-state index in [-0.39, 0.29) is 6.79 Å². The number of hydrogen-bond donors (Lipinski definition) is 1. The average Bonchev–Trinajstić information content (AvgIpc) is 3.06. The second kappa shape index (κ2) is 6.05. The molecule has 1 N–H and O–H groups in total. The fourth-order valence-corrected chi connectivity index (χ4v) is 3.29. The Hall–Kier alpha value is -1.21. The van der Waals surface area contributed by atoms with Gasteiger partial charge in [-0.15, -0.1) is 5.10 Å². The maximum atomic E-state index is 5.41. The van der Waals surface area contributed by atoms with Crippen molar-refractivity contribution >= 4 is 27.7 Å². The van der Waals surface area contributed by atoms with Crippen LogP contribution in [0.4, 0.5) is 0 Å². The molecule has 0 bridgehead atoms. The molecule has 3 rings (SSSR count). The van der Waals surface area contributed by atoms with E-state index in [9.17, 15) is 0 Å². The number of ether oxygens (including phenoxy) is 2. The van der Waals surface area contributed by atoms with E-state index in [2.05, 4.69) is 38.0 Å². The minimum Gasteiger partial charge on any atom is -0.454 e. The van der Waals surface area contributed by atoms with Gasteiger partial charge >= 0.3 is 0 Å². The number of nitrogens with one attached hydrogen (secondary N) is 1. The van der Waals surface area contributed by atoms with E-state index >= 15 is 0 Å². The van der Waals surface area contributed by atoms with Gasteiger partial charge in [-0.05, 0) is 40.0 Å². The van der Waals surface area contributed by atoms with Gasteiger partial charge in [0.15, 0.2) is 11.5 Å². The first kappa shape index (κ1) is 13.8. The number of fused-ring (bicyclic) bond motifs is 1. The van der Waals surface area contributed by atoms with Gasteiger partial charge in [0.1, 0.15) is 5.82 Å². The molecule has 2 aromatic rings. The molecule has 0 radical (unpaired) electrons. The molecule has 0 saturated heterocycles. The van der Waals surface area contributed by atoms with E-state index in [1.807, 2.05) is 12.1 Å². The first-order valence-corrected chi connectivity index (χ1v) is 8.16. The largest absolute Gasteiger partial charge is 0.454 e. The number of hydrogen-bond acceptors (Lipinski definition) is 5. The van der Waals surface area contributed by atoms with Crippen molar-refractivity contribution in [2.75, 3.05) is 6.79 Å². The molecule has 0 spiro atoms. The Morgan fingerprint density at radius 3 is 3.15 bits per heavy atom. The molecule has 7 heteroatoms. The van der Waals surface area contributed by atoms with Crippen LogP contribution < -0.4 is 9.47 Å². The van der Waals surface area contributed by atoms with Crippen LogP contribution in [0.15, 0.2) is 21.8 Å². The standard InChI is InChI=1S/C13H14BrN3O2S/c1-2-3-11-15-13(17-16-11)20-6-8-4-9(14)12-10(5-8)18-7-19-12/h4-5H,2-3,6-7H2,1H3,(H,15,16,17). The summed E-state index contributed by atoms with van der Waals surface area (Å²) in [7, 11) is 0. The average molecular weight is 356 g/mol. The predicted octanol–water partition coefficient (Wildman–Crippen LogP) is 3.54. The third kappa shape index (κ3) is 2.93. The lowest BCUT2D eigenvalue weighted by Gasteiger charge is -2.03. The van der Waals surface area contributed by atoms with Gasteiger partial charge in [-0.1, -0.05) is 18.7 Å². The lowest BCUT2D eigenvalue weighted by molar-refractivity contribution is 0.173. The first-order valence-electron chi connectivity index (χ1n) is 6.38. The highest BCUT2D eigenvalue weighted by molar-refractivity contribution is 9.10. The second-order valence-corrected chi connectivity index (χ2v) is 6.21. The normalized spacial score (nSPS) is 12.9. The fraction of sp³-hybridized carbons (Fsp3) is 0.385. The number of nitrogens with zero attached hydrogens (tertiary/aromatic N) is 2. The van der Waals surface area contributed by atoms with E-state index < -0.39 is 0 Å². The highest BCUT2D eigenvalue weighted by Gasteiger charge is 2.18. The molecule has 0 aliphatic carbocycles. The third-order valence-electron chi connectivity index (χ3n) is 2.85. The van der Waals surface area contributed by atoms with Crippen LogP contribution >= 0.6 is 27.7 Å². The molecule has 1 aliphatic rings.